The van der Waals surface area contributed by atoms with Gasteiger partial charge < -0.3 is 5.32 Å². The van der Waals surface area contributed by atoms with Crippen molar-refractivity contribution in [1.82, 2.24) is 5.32 Å². The molecular weight excluding hydrogens is 300 g/mol. The molecule has 0 bridgehead atoms. The molecule has 0 atom stereocenters. The standard InChI is InChI=1S/C11H12ClF2NO3S/c1-2-7-3-4-8(19(12,17)18)5-9(7)11(16)15-6-10(13)14/h3-5,10H,2,6H2,1H3,(H,15,16). The molecule has 0 aliphatic carbocycles. The predicted molar refractivity (Wildman–Crippen MR) is 67.2 cm³/mol. The van der Waals surface area contributed by atoms with E-state index in [4.69, 9.17) is 10.7 Å². The van der Waals surface area contributed by atoms with E-state index in [1.165, 1.54) is 12.1 Å². The van der Waals surface area contributed by atoms with Gasteiger partial charge in [0.15, 0.2) is 0 Å². The van der Waals surface area contributed by atoms with Gasteiger partial charge >= 0.3 is 0 Å². The monoisotopic (exact) mass is 311 g/mol. The van der Waals surface area contributed by atoms with Crippen LogP contribution in [0, 0.1) is 0 Å². The molecule has 106 valence electrons. The Bertz CT molecular complexity index is 575. The molecule has 0 aliphatic heterocycles. The Labute approximate surface area is 114 Å². The lowest BCUT2D eigenvalue weighted by Crippen LogP contribution is -2.29. The Morgan fingerprint density at radius 3 is 2.53 bits per heavy atom. The normalized spacial score (nSPS) is 11.6. The van der Waals surface area contributed by atoms with E-state index in [1.807, 2.05) is 5.32 Å². The SMILES string of the molecule is CCc1ccc(S(=O)(=O)Cl)cc1C(=O)NCC(F)F. The van der Waals surface area contributed by atoms with Crippen LogP contribution in [0.2, 0.25) is 0 Å². The van der Waals surface area contributed by atoms with Gasteiger partial charge in [-0.05, 0) is 24.1 Å². The van der Waals surface area contributed by atoms with E-state index in [9.17, 15) is 22.0 Å². The van der Waals surface area contributed by atoms with Crippen molar-refractivity contribution in [2.45, 2.75) is 24.7 Å². The number of hydrogen-bond acceptors (Lipinski definition) is 3. The number of benzene rings is 1. The van der Waals surface area contributed by atoms with E-state index in [0.717, 1.165) is 6.07 Å². The third kappa shape index (κ3) is 4.43. The number of hydrogen-bond donors (Lipinski definition) is 1. The molecule has 1 aromatic carbocycles. The van der Waals surface area contributed by atoms with E-state index in [1.54, 1.807) is 6.92 Å². The molecular formula is C11H12ClF2NO3S. The van der Waals surface area contributed by atoms with Crippen LogP contribution in [0.3, 0.4) is 0 Å². The van der Waals surface area contributed by atoms with Gasteiger partial charge in [-0.1, -0.05) is 13.0 Å². The zero-order chi connectivity index (χ0) is 14.6. The van der Waals surface area contributed by atoms with Crippen molar-refractivity contribution >= 4 is 25.6 Å². The van der Waals surface area contributed by atoms with E-state index in [2.05, 4.69) is 0 Å². The quantitative estimate of drug-likeness (QED) is 0.848. The first-order valence-electron chi connectivity index (χ1n) is 5.39. The fraction of sp³-hybridized carbons (Fsp3) is 0.364. The van der Waals surface area contributed by atoms with Crippen LogP contribution in [-0.2, 0) is 15.5 Å². The first kappa shape index (κ1) is 15.8. The Morgan fingerprint density at radius 2 is 2.05 bits per heavy atom. The van der Waals surface area contributed by atoms with Gasteiger partial charge in [-0.25, -0.2) is 17.2 Å². The molecule has 0 heterocycles. The summed E-state index contributed by atoms with van der Waals surface area (Å²) in [6.45, 7) is 0.966. The van der Waals surface area contributed by atoms with Crippen molar-refractivity contribution in [3.05, 3.63) is 29.3 Å². The van der Waals surface area contributed by atoms with E-state index < -0.39 is 27.9 Å². The molecule has 1 rings (SSSR count). The second-order valence-corrected chi connectivity index (χ2v) is 6.28. The summed E-state index contributed by atoms with van der Waals surface area (Å²) < 4.78 is 46.4. The molecule has 4 nitrogen and oxygen atoms in total. The Balaban J connectivity index is 3.13. The number of halogens is 3. The fourth-order valence-corrected chi connectivity index (χ4v) is 2.27. The largest absolute Gasteiger partial charge is 0.346 e. The van der Waals surface area contributed by atoms with Crippen LogP contribution in [0.1, 0.15) is 22.8 Å². The number of amides is 1. The number of nitrogens with one attached hydrogen (secondary N) is 1. The average molecular weight is 312 g/mol. The van der Waals surface area contributed by atoms with Crippen molar-refractivity contribution in [3.8, 4) is 0 Å². The van der Waals surface area contributed by atoms with Crippen LogP contribution < -0.4 is 5.32 Å². The van der Waals surface area contributed by atoms with Crippen molar-refractivity contribution in [1.29, 1.82) is 0 Å². The first-order chi connectivity index (χ1) is 8.75. The summed E-state index contributed by atoms with van der Waals surface area (Å²) in [7, 11) is 1.21. The Morgan fingerprint density at radius 1 is 1.42 bits per heavy atom. The van der Waals surface area contributed by atoms with Crippen LogP contribution in [0.25, 0.3) is 0 Å². The number of carbonyl (C=O) groups excluding carboxylic acids is 1. The molecule has 1 N–H and O–H groups in total. The van der Waals surface area contributed by atoms with Gasteiger partial charge in [0, 0.05) is 16.2 Å². The van der Waals surface area contributed by atoms with Crippen molar-refractivity contribution in [3.63, 3.8) is 0 Å². The summed E-state index contributed by atoms with van der Waals surface area (Å²) in [6, 6.07) is 3.79. The zero-order valence-corrected chi connectivity index (χ0v) is 11.6. The smallest absolute Gasteiger partial charge is 0.261 e. The van der Waals surface area contributed by atoms with Gasteiger partial charge in [-0.15, -0.1) is 0 Å². The summed E-state index contributed by atoms with van der Waals surface area (Å²) in [5.41, 5.74) is 0.584. The maximum atomic E-state index is 12.0. The van der Waals surface area contributed by atoms with Crippen LogP contribution >= 0.6 is 10.7 Å². The fourth-order valence-electron chi connectivity index (χ4n) is 1.49. The summed E-state index contributed by atoms with van der Waals surface area (Å²) in [5, 5.41) is 2.02. The Hall–Kier alpha value is -1.21. The third-order valence-corrected chi connectivity index (χ3v) is 3.76. The van der Waals surface area contributed by atoms with Gasteiger partial charge in [0.1, 0.15) is 0 Å². The molecule has 1 amide bonds. The maximum absolute atomic E-state index is 12.0. The Kier molecular flexibility index (Phi) is 5.25. The molecule has 0 aromatic heterocycles. The summed E-state index contributed by atoms with van der Waals surface area (Å²) >= 11 is 0. The summed E-state index contributed by atoms with van der Waals surface area (Å²) in [5.74, 6) is -0.751. The topological polar surface area (TPSA) is 63.2 Å². The van der Waals surface area contributed by atoms with Crippen LogP contribution in [-0.4, -0.2) is 27.3 Å². The number of rotatable bonds is 5. The first-order valence-corrected chi connectivity index (χ1v) is 7.70. The molecule has 0 saturated heterocycles. The molecule has 0 unspecified atom stereocenters. The summed E-state index contributed by atoms with van der Waals surface area (Å²) in [6.07, 6.45) is -2.21. The van der Waals surface area contributed by atoms with Gasteiger partial charge in [-0.3, -0.25) is 4.79 Å². The molecule has 19 heavy (non-hydrogen) atoms. The second kappa shape index (κ2) is 6.29. The zero-order valence-electron chi connectivity index (χ0n) is 9.99. The van der Waals surface area contributed by atoms with Crippen LogP contribution in [0.5, 0.6) is 0 Å². The average Bonchev–Trinajstić information content (AvgIpc) is 2.33. The number of alkyl halides is 2. The van der Waals surface area contributed by atoms with Gasteiger partial charge in [-0.2, -0.15) is 0 Å². The lowest BCUT2D eigenvalue weighted by Gasteiger charge is -2.10. The number of aryl methyl sites for hydroxylation is 1. The highest BCUT2D eigenvalue weighted by atomic mass is 35.7. The minimum Gasteiger partial charge on any atom is -0.346 e. The van der Waals surface area contributed by atoms with E-state index >= 15 is 0 Å². The van der Waals surface area contributed by atoms with Crippen molar-refractivity contribution in [2.24, 2.45) is 0 Å². The van der Waals surface area contributed by atoms with Crippen molar-refractivity contribution < 1.29 is 22.0 Å². The minimum absolute atomic E-state index is 0.0323. The van der Waals surface area contributed by atoms with Gasteiger partial charge in [0.2, 0.25) is 0 Å². The highest BCUT2D eigenvalue weighted by molar-refractivity contribution is 8.13. The maximum Gasteiger partial charge on any atom is 0.261 e. The highest BCUT2D eigenvalue weighted by Crippen LogP contribution is 2.20. The van der Waals surface area contributed by atoms with E-state index in [0.29, 0.717) is 12.0 Å². The molecule has 0 radical (unpaired) electrons. The highest BCUT2D eigenvalue weighted by Gasteiger charge is 2.17. The van der Waals surface area contributed by atoms with Crippen molar-refractivity contribution in [2.75, 3.05) is 6.54 Å². The predicted octanol–water partition coefficient (Wildman–Crippen LogP) is 2.17. The van der Waals surface area contributed by atoms with Crippen LogP contribution in [0.15, 0.2) is 23.1 Å². The van der Waals surface area contributed by atoms with Gasteiger partial charge in [0.25, 0.3) is 21.4 Å². The molecule has 0 saturated carbocycles. The molecule has 8 heteroatoms. The minimum atomic E-state index is -3.97. The van der Waals surface area contributed by atoms with Crippen LogP contribution in [0.4, 0.5) is 8.78 Å². The van der Waals surface area contributed by atoms with E-state index in [-0.39, 0.29) is 10.5 Å². The van der Waals surface area contributed by atoms with Gasteiger partial charge in [0.05, 0.1) is 11.4 Å². The third-order valence-electron chi connectivity index (χ3n) is 2.41. The second-order valence-electron chi connectivity index (χ2n) is 3.71. The molecule has 0 spiro atoms. The summed E-state index contributed by atoms with van der Waals surface area (Å²) in [4.78, 5) is 11.5. The molecule has 0 aliphatic rings. The lowest BCUT2D eigenvalue weighted by atomic mass is 10.0. The molecule has 0 fully saturated rings. The molecule has 1 aromatic rings. The number of carbonyl (C=O) groups is 1. The lowest BCUT2D eigenvalue weighted by molar-refractivity contribution is 0.0890.